The number of likely N-dealkylation sites (N-methyl/N-ethyl adjacent to an activating group) is 1. The number of esters is 1. The van der Waals surface area contributed by atoms with Gasteiger partial charge in [-0.25, -0.2) is 0 Å². The predicted octanol–water partition coefficient (Wildman–Crippen LogP) is -0.317. The first-order valence-corrected chi connectivity index (χ1v) is 6.82. The molecule has 0 saturated carbocycles. The van der Waals surface area contributed by atoms with Crippen LogP contribution in [0.5, 0.6) is 0 Å². The molecule has 0 heterocycles. The van der Waals surface area contributed by atoms with Gasteiger partial charge in [0.2, 0.25) is 0 Å². The van der Waals surface area contributed by atoms with Gasteiger partial charge < -0.3 is 25.0 Å². The van der Waals surface area contributed by atoms with Crippen LogP contribution < -0.4 is 10.6 Å². The lowest BCUT2D eigenvalue weighted by Crippen LogP contribution is -2.41. The van der Waals surface area contributed by atoms with Crippen LogP contribution in [-0.2, 0) is 14.3 Å². The van der Waals surface area contributed by atoms with Crippen molar-refractivity contribution in [2.24, 2.45) is 4.99 Å². The van der Waals surface area contributed by atoms with Gasteiger partial charge in [0.25, 0.3) is 0 Å². The van der Waals surface area contributed by atoms with E-state index in [1.165, 1.54) is 7.11 Å². The van der Waals surface area contributed by atoms with E-state index in [-0.39, 0.29) is 5.97 Å². The minimum atomic E-state index is -0.231. The number of hydrogen-bond donors (Lipinski definition) is 2. The summed E-state index contributed by atoms with van der Waals surface area (Å²) in [6.45, 7) is 4.01. The van der Waals surface area contributed by atoms with Crippen LogP contribution in [0.2, 0.25) is 0 Å². The summed E-state index contributed by atoms with van der Waals surface area (Å²) in [4.78, 5) is 17.3. The molecule has 0 aromatic carbocycles. The average Bonchev–Trinajstić information content (AvgIpc) is 2.45. The Hall–Kier alpha value is -1.34. The Bertz CT molecular complexity index is 285. The monoisotopic (exact) mass is 288 g/mol. The van der Waals surface area contributed by atoms with Crippen LogP contribution in [0.4, 0.5) is 0 Å². The van der Waals surface area contributed by atoms with Crippen LogP contribution >= 0.6 is 0 Å². The van der Waals surface area contributed by atoms with Gasteiger partial charge >= 0.3 is 5.97 Å². The quantitative estimate of drug-likeness (QED) is 0.248. The minimum Gasteiger partial charge on any atom is -0.469 e. The molecule has 0 aromatic rings. The lowest BCUT2D eigenvalue weighted by atomic mass is 10.4. The summed E-state index contributed by atoms with van der Waals surface area (Å²) in [7, 11) is 6.88. The average molecular weight is 288 g/mol. The second kappa shape index (κ2) is 12.7. The smallest absolute Gasteiger partial charge is 0.307 e. The fourth-order valence-electron chi connectivity index (χ4n) is 1.56. The Kier molecular flexibility index (Phi) is 11.8. The molecule has 0 aliphatic carbocycles. The van der Waals surface area contributed by atoms with Crippen molar-refractivity contribution in [2.45, 2.75) is 12.8 Å². The molecule has 0 rings (SSSR count). The topological polar surface area (TPSA) is 75.2 Å². The Morgan fingerprint density at radius 1 is 1.20 bits per heavy atom. The van der Waals surface area contributed by atoms with Crippen molar-refractivity contribution in [3.05, 3.63) is 0 Å². The second-order valence-electron chi connectivity index (χ2n) is 4.40. The van der Waals surface area contributed by atoms with E-state index in [1.54, 1.807) is 14.2 Å². The fraction of sp³-hybridized carbons (Fsp3) is 0.846. The van der Waals surface area contributed by atoms with Crippen molar-refractivity contribution >= 4 is 11.9 Å². The molecule has 0 aliphatic heterocycles. The summed E-state index contributed by atoms with van der Waals surface area (Å²) >= 11 is 0. The number of nitrogens with zero attached hydrogens (tertiary/aromatic N) is 2. The van der Waals surface area contributed by atoms with Crippen molar-refractivity contribution in [3.8, 4) is 0 Å². The lowest BCUT2D eigenvalue weighted by molar-refractivity contribution is -0.140. The number of rotatable bonds is 10. The van der Waals surface area contributed by atoms with Crippen molar-refractivity contribution in [1.82, 2.24) is 15.5 Å². The van der Waals surface area contributed by atoms with Crippen molar-refractivity contribution < 1.29 is 14.3 Å². The number of aliphatic imine (C=N–C) groups is 1. The highest BCUT2D eigenvalue weighted by Crippen LogP contribution is 1.87. The molecule has 0 aromatic heterocycles. The molecule has 2 N–H and O–H groups in total. The Labute approximate surface area is 121 Å². The third-order valence-corrected chi connectivity index (χ3v) is 2.75. The molecular formula is C13H28N4O3. The molecule has 0 radical (unpaired) electrons. The van der Waals surface area contributed by atoms with Gasteiger partial charge in [-0.3, -0.25) is 9.79 Å². The number of ether oxygens (including phenoxy) is 2. The van der Waals surface area contributed by atoms with Gasteiger partial charge in [-0.2, -0.15) is 0 Å². The lowest BCUT2D eigenvalue weighted by Gasteiger charge is -2.18. The molecule has 0 spiro atoms. The van der Waals surface area contributed by atoms with Gasteiger partial charge in [-0.1, -0.05) is 0 Å². The first-order valence-electron chi connectivity index (χ1n) is 6.82. The van der Waals surface area contributed by atoms with E-state index < -0.39 is 0 Å². The SMILES string of the molecule is CN=C(NCCC(=O)OC)NCCN(C)CCCOC. The molecule has 7 heteroatoms. The molecular weight excluding hydrogens is 260 g/mol. The van der Waals surface area contributed by atoms with E-state index in [2.05, 4.69) is 32.3 Å². The van der Waals surface area contributed by atoms with Crippen molar-refractivity contribution in [1.29, 1.82) is 0 Å². The first kappa shape index (κ1) is 18.7. The maximum atomic E-state index is 11.0. The number of methoxy groups -OCH3 is 2. The van der Waals surface area contributed by atoms with Gasteiger partial charge in [-0.05, 0) is 13.5 Å². The molecule has 0 atom stereocenters. The van der Waals surface area contributed by atoms with E-state index in [4.69, 9.17) is 4.74 Å². The predicted molar refractivity (Wildman–Crippen MR) is 80.0 cm³/mol. The fourth-order valence-corrected chi connectivity index (χ4v) is 1.56. The number of guanidine groups is 1. The normalized spacial score (nSPS) is 11.6. The van der Waals surface area contributed by atoms with Gasteiger partial charge in [0, 0.05) is 46.9 Å². The van der Waals surface area contributed by atoms with Gasteiger partial charge in [-0.15, -0.1) is 0 Å². The first-order chi connectivity index (χ1) is 9.63. The van der Waals surface area contributed by atoms with Gasteiger partial charge in [0.1, 0.15) is 0 Å². The van der Waals surface area contributed by atoms with Crippen LogP contribution in [0.15, 0.2) is 4.99 Å². The molecule has 0 bridgehead atoms. The molecule has 20 heavy (non-hydrogen) atoms. The zero-order chi connectivity index (χ0) is 15.2. The van der Waals surface area contributed by atoms with Gasteiger partial charge in [0.15, 0.2) is 5.96 Å². The molecule has 0 amide bonds. The molecule has 0 fully saturated rings. The second-order valence-corrected chi connectivity index (χ2v) is 4.40. The minimum absolute atomic E-state index is 0.231. The Balaban J connectivity index is 3.66. The van der Waals surface area contributed by atoms with E-state index in [0.29, 0.717) is 18.9 Å². The number of carbonyl (C=O) groups is 1. The standard InChI is InChI=1S/C13H28N4O3/c1-14-13(15-7-6-12(18)20-4)16-8-10-17(2)9-5-11-19-3/h5-11H2,1-4H3,(H2,14,15,16). The van der Waals surface area contributed by atoms with Crippen LogP contribution in [0.3, 0.4) is 0 Å². The highest BCUT2D eigenvalue weighted by Gasteiger charge is 2.02. The summed E-state index contributed by atoms with van der Waals surface area (Å²) in [5.74, 6) is 0.463. The maximum Gasteiger partial charge on any atom is 0.307 e. The zero-order valence-electron chi connectivity index (χ0n) is 13.1. The number of nitrogens with one attached hydrogen (secondary N) is 2. The molecule has 0 aliphatic rings. The van der Waals surface area contributed by atoms with E-state index in [0.717, 1.165) is 32.7 Å². The summed E-state index contributed by atoms with van der Waals surface area (Å²) < 4.78 is 9.58. The van der Waals surface area contributed by atoms with Crippen LogP contribution in [0, 0.1) is 0 Å². The van der Waals surface area contributed by atoms with Gasteiger partial charge in [0.05, 0.1) is 13.5 Å². The summed E-state index contributed by atoms with van der Waals surface area (Å²) in [5, 5.41) is 6.26. The highest BCUT2D eigenvalue weighted by molar-refractivity contribution is 5.80. The molecule has 0 saturated heterocycles. The third kappa shape index (κ3) is 10.6. The number of carbonyl (C=O) groups excluding carboxylic acids is 1. The van der Waals surface area contributed by atoms with Crippen LogP contribution in [-0.4, -0.2) is 77.9 Å². The highest BCUT2D eigenvalue weighted by atomic mass is 16.5. The largest absolute Gasteiger partial charge is 0.469 e. The van der Waals surface area contributed by atoms with Crippen molar-refractivity contribution in [2.75, 3.05) is 61.1 Å². The van der Waals surface area contributed by atoms with Crippen LogP contribution in [0.1, 0.15) is 12.8 Å². The van der Waals surface area contributed by atoms with Crippen molar-refractivity contribution in [3.63, 3.8) is 0 Å². The molecule has 7 nitrogen and oxygen atoms in total. The third-order valence-electron chi connectivity index (χ3n) is 2.75. The molecule has 118 valence electrons. The summed E-state index contributed by atoms with van der Waals surface area (Å²) in [6.07, 6.45) is 1.35. The molecule has 0 unspecified atom stereocenters. The number of hydrogen-bond acceptors (Lipinski definition) is 5. The zero-order valence-corrected chi connectivity index (χ0v) is 13.1. The van der Waals surface area contributed by atoms with E-state index >= 15 is 0 Å². The maximum absolute atomic E-state index is 11.0. The Morgan fingerprint density at radius 2 is 1.90 bits per heavy atom. The van der Waals surface area contributed by atoms with Crippen LogP contribution in [0.25, 0.3) is 0 Å². The Morgan fingerprint density at radius 3 is 2.50 bits per heavy atom. The van der Waals surface area contributed by atoms with E-state index in [1.807, 2.05) is 0 Å². The summed E-state index contributed by atoms with van der Waals surface area (Å²) in [6, 6.07) is 0. The summed E-state index contributed by atoms with van der Waals surface area (Å²) in [5.41, 5.74) is 0. The van der Waals surface area contributed by atoms with E-state index in [9.17, 15) is 4.79 Å².